The molecule has 0 bridgehead atoms. The summed E-state index contributed by atoms with van der Waals surface area (Å²) in [5.41, 5.74) is -16.6. The topological polar surface area (TPSA) is 174 Å². The van der Waals surface area contributed by atoms with Crippen molar-refractivity contribution in [2.45, 2.75) is 38.6 Å². The smallest absolute Gasteiger partial charge is 0.378 e. The number of halogens is 12. The third kappa shape index (κ3) is 8.44. The number of alkyl halides is 12. The van der Waals surface area contributed by atoms with E-state index < -0.39 is 127 Å². The molecule has 0 atom stereocenters. The predicted octanol–water partition coefficient (Wildman–Crippen LogP) is 9.75. The van der Waals surface area contributed by atoms with Crippen LogP contribution in [0.1, 0.15) is 33.4 Å². The Bertz CT molecular complexity index is 1850. The van der Waals surface area contributed by atoms with Crippen molar-refractivity contribution in [3.05, 3.63) is 100 Å². The lowest BCUT2D eigenvalue weighted by Gasteiger charge is -2.23. The van der Waals surface area contributed by atoms with Crippen LogP contribution >= 0.6 is 7.82 Å². The summed E-state index contributed by atoms with van der Waals surface area (Å²) in [5.74, 6) is -5.69. The zero-order valence-corrected chi connectivity index (χ0v) is 24.8. The molecule has 50 heavy (non-hydrogen) atoms. The number of nitro groups is 3. The van der Waals surface area contributed by atoms with Crippen LogP contribution in [0.4, 0.5) is 69.7 Å². The van der Waals surface area contributed by atoms with Crippen molar-refractivity contribution in [2.75, 3.05) is 0 Å². The lowest BCUT2D eigenvalue weighted by atomic mass is 10.1. The Labute approximate surface area is 267 Å². The average Bonchev–Trinajstić information content (AvgIpc) is 2.92. The molecule has 272 valence electrons. The van der Waals surface area contributed by atoms with E-state index in [-0.39, 0.29) is 24.3 Å². The fourth-order valence-electron chi connectivity index (χ4n) is 3.96. The third-order valence-electron chi connectivity index (χ3n) is 6.07. The highest BCUT2D eigenvalue weighted by atomic mass is 31.2. The number of nitro benzene ring substituents is 3. The van der Waals surface area contributed by atoms with Crippen LogP contribution in [-0.4, -0.2) is 14.8 Å². The summed E-state index contributed by atoms with van der Waals surface area (Å²) in [5, 5.41) is 35.1. The summed E-state index contributed by atoms with van der Waals surface area (Å²) in [4.78, 5) is 29.8. The van der Waals surface area contributed by atoms with Crippen LogP contribution in [0.15, 0.2) is 36.4 Å². The van der Waals surface area contributed by atoms with Crippen LogP contribution in [0.3, 0.4) is 0 Å². The number of rotatable bonds is 9. The Morgan fingerprint density at radius 2 is 0.780 bits per heavy atom. The summed E-state index contributed by atoms with van der Waals surface area (Å²) in [6.45, 7) is 1.16. The summed E-state index contributed by atoms with van der Waals surface area (Å²) >= 11 is 0. The minimum atomic E-state index is -6.66. The fourth-order valence-corrected chi connectivity index (χ4v) is 5.41. The number of nitrogens with zero attached hydrogens (tertiary/aromatic N) is 3. The minimum Gasteiger partial charge on any atom is -0.378 e. The van der Waals surface area contributed by atoms with Crippen molar-refractivity contribution in [2.24, 2.45) is 0 Å². The monoisotopic (exact) mass is 761 g/mol. The van der Waals surface area contributed by atoms with E-state index in [1.807, 2.05) is 0 Å². The lowest BCUT2D eigenvalue weighted by molar-refractivity contribution is -0.386. The van der Waals surface area contributed by atoms with Gasteiger partial charge >= 0.3 is 49.6 Å². The Morgan fingerprint density at radius 3 is 1.06 bits per heavy atom. The van der Waals surface area contributed by atoms with Gasteiger partial charge in [0.05, 0.1) is 31.5 Å². The van der Waals surface area contributed by atoms with E-state index in [0.29, 0.717) is 13.8 Å². The maximum absolute atomic E-state index is 14.1. The first-order valence-corrected chi connectivity index (χ1v) is 13.8. The van der Waals surface area contributed by atoms with Crippen molar-refractivity contribution in [1.82, 2.24) is 0 Å². The van der Waals surface area contributed by atoms with Crippen molar-refractivity contribution in [3.8, 4) is 17.2 Å². The quantitative estimate of drug-likeness (QED) is 0.0883. The lowest BCUT2D eigenvalue weighted by Crippen LogP contribution is -2.17. The van der Waals surface area contributed by atoms with Crippen LogP contribution in [0.2, 0.25) is 0 Å². The molecule has 3 aromatic carbocycles. The number of aryl methyl sites for hydroxylation is 2. The Kier molecular flexibility index (Phi) is 10.0. The van der Waals surface area contributed by atoms with Gasteiger partial charge in [0.2, 0.25) is 17.2 Å². The molecular formula is C24H12F12N3O10P. The van der Waals surface area contributed by atoms with E-state index in [0.717, 1.165) is 0 Å². The molecular weight excluding hydrogens is 749 g/mol. The maximum Gasteiger partial charge on any atom is 0.647 e. The maximum atomic E-state index is 14.1. The highest BCUT2D eigenvalue weighted by Gasteiger charge is 2.49. The number of phosphoric acid groups is 1. The van der Waals surface area contributed by atoms with E-state index in [4.69, 9.17) is 9.05 Å². The molecule has 0 amide bonds. The molecule has 0 fully saturated rings. The second-order valence-electron chi connectivity index (χ2n) is 9.64. The standard InChI is InChI=1S/C24H12F12N3O10P/c1-9-3-11(21(25,26)27)6-15(37(40)41)18(9)47-50(46,48-19-10(2)4-12(22(28,29)30)7-16(19)38(42)43)49-20-14(24(34,35)36)5-13(23(31,32)33)8-17(20)39(44)45/h3-8H,1-2H3. The molecule has 0 spiro atoms. The van der Waals surface area contributed by atoms with Crippen molar-refractivity contribution in [1.29, 1.82) is 0 Å². The molecule has 0 saturated carbocycles. The van der Waals surface area contributed by atoms with Gasteiger partial charge in [-0.05, 0) is 43.2 Å². The van der Waals surface area contributed by atoms with E-state index in [1.165, 1.54) is 0 Å². The summed E-state index contributed by atoms with van der Waals surface area (Å²) < 4.78 is 191. The van der Waals surface area contributed by atoms with Gasteiger partial charge in [-0.1, -0.05) is 0 Å². The Hall–Kier alpha value is -5.35. The molecule has 0 N–H and O–H groups in total. The second kappa shape index (κ2) is 12.8. The van der Waals surface area contributed by atoms with Crippen LogP contribution in [0.5, 0.6) is 17.2 Å². The molecule has 26 heteroatoms. The molecule has 0 aromatic heterocycles. The van der Waals surface area contributed by atoms with Crippen LogP contribution in [0, 0.1) is 44.2 Å². The third-order valence-corrected chi connectivity index (χ3v) is 7.28. The van der Waals surface area contributed by atoms with E-state index in [9.17, 15) is 87.6 Å². The number of hydrogen-bond donors (Lipinski definition) is 0. The van der Waals surface area contributed by atoms with Crippen LogP contribution in [-0.2, 0) is 29.3 Å². The first-order valence-electron chi connectivity index (χ1n) is 12.3. The Balaban J connectivity index is 2.47. The second-order valence-corrected chi connectivity index (χ2v) is 11.1. The minimum absolute atomic E-state index is 0.0697. The summed E-state index contributed by atoms with van der Waals surface area (Å²) in [6.07, 6.45) is -22.5. The van der Waals surface area contributed by atoms with Gasteiger partial charge < -0.3 is 13.6 Å². The van der Waals surface area contributed by atoms with Gasteiger partial charge in [0.25, 0.3) is 0 Å². The molecule has 0 heterocycles. The first kappa shape index (κ1) is 39.1. The van der Waals surface area contributed by atoms with E-state index in [1.54, 1.807) is 0 Å². The van der Waals surface area contributed by atoms with Crippen molar-refractivity contribution >= 4 is 24.9 Å². The molecule has 0 aliphatic rings. The highest BCUT2D eigenvalue weighted by molar-refractivity contribution is 7.49. The fraction of sp³-hybridized carbons (Fsp3) is 0.250. The van der Waals surface area contributed by atoms with E-state index >= 15 is 0 Å². The largest absolute Gasteiger partial charge is 0.647 e. The number of benzene rings is 3. The average molecular weight is 761 g/mol. The molecule has 0 unspecified atom stereocenters. The highest BCUT2D eigenvalue weighted by Crippen LogP contribution is 2.58. The van der Waals surface area contributed by atoms with Gasteiger partial charge in [0.1, 0.15) is 5.56 Å². The van der Waals surface area contributed by atoms with Gasteiger partial charge in [-0.2, -0.15) is 57.3 Å². The van der Waals surface area contributed by atoms with Crippen LogP contribution in [0.25, 0.3) is 0 Å². The molecule has 3 aromatic rings. The van der Waals surface area contributed by atoms with E-state index in [2.05, 4.69) is 4.52 Å². The van der Waals surface area contributed by atoms with Gasteiger partial charge in [-0.25, -0.2) is 0 Å². The van der Waals surface area contributed by atoms with Crippen molar-refractivity contribution in [3.63, 3.8) is 0 Å². The molecule has 0 aliphatic heterocycles. The zero-order chi connectivity index (χ0) is 38.5. The number of phosphoric ester groups is 1. The van der Waals surface area contributed by atoms with Gasteiger partial charge in [0, 0.05) is 18.2 Å². The molecule has 0 radical (unpaired) electrons. The van der Waals surface area contributed by atoms with Crippen molar-refractivity contribution < 1.29 is 85.6 Å². The molecule has 13 nitrogen and oxygen atoms in total. The zero-order valence-electron chi connectivity index (χ0n) is 23.9. The van der Waals surface area contributed by atoms with Gasteiger partial charge in [-0.15, -0.1) is 0 Å². The normalized spacial score (nSPS) is 12.8. The Morgan fingerprint density at radius 1 is 0.500 bits per heavy atom. The predicted molar refractivity (Wildman–Crippen MR) is 138 cm³/mol. The molecule has 3 rings (SSSR count). The summed E-state index contributed by atoms with van der Waals surface area (Å²) in [6, 6.07) is -1.79. The summed E-state index contributed by atoms with van der Waals surface area (Å²) in [7, 11) is -6.66. The van der Waals surface area contributed by atoms with Gasteiger partial charge in [-0.3, -0.25) is 30.3 Å². The molecule has 0 saturated heterocycles. The van der Waals surface area contributed by atoms with Gasteiger partial charge in [0.15, 0.2) is 0 Å². The molecule has 0 aliphatic carbocycles. The van der Waals surface area contributed by atoms with Crippen LogP contribution < -0.4 is 13.6 Å². The SMILES string of the molecule is Cc1cc(C(F)(F)F)cc([N+](=O)[O-])c1OP(=O)(Oc1c(C)cc(C(F)(F)F)cc1[N+](=O)[O-])Oc1c([N+](=O)[O-])cc(C(F)(F)F)cc1C(F)(F)F. The number of hydrogen-bond acceptors (Lipinski definition) is 10. The first-order chi connectivity index (χ1) is 22.5.